The highest BCUT2D eigenvalue weighted by atomic mass is 32.2. The normalized spacial score (nSPS) is 11.8. The van der Waals surface area contributed by atoms with Crippen LogP contribution in [0.15, 0.2) is 29.2 Å². The Morgan fingerprint density at radius 1 is 1.10 bits per heavy atom. The van der Waals surface area contributed by atoms with Crippen LogP contribution in [0.1, 0.15) is 45.6 Å². The smallest absolute Gasteiger partial charge is 0.241 e. The summed E-state index contributed by atoms with van der Waals surface area (Å²) in [5.41, 5.74) is 0.282. The first-order valence-electron chi connectivity index (χ1n) is 7.16. The van der Waals surface area contributed by atoms with E-state index in [0.717, 1.165) is 19.3 Å². The van der Waals surface area contributed by atoms with Crippen molar-refractivity contribution in [1.82, 2.24) is 4.72 Å². The Kier molecular flexibility index (Phi) is 6.41. The minimum Gasteiger partial charge on any atom is -0.384 e. The number of benzene rings is 1. The second-order valence-electron chi connectivity index (χ2n) is 4.93. The largest absolute Gasteiger partial charge is 0.384 e. The number of hydrogen-bond acceptors (Lipinski definition) is 3. The number of sulfonamides is 1. The van der Waals surface area contributed by atoms with Crippen LogP contribution < -0.4 is 4.72 Å². The number of aliphatic hydroxyl groups is 1. The fraction of sp³-hybridized carbons (Fsp3) is 0.500. The van der Waals surface area contributed by atoms with E-state index in [0.29, 0.717) is 5.56 Å². The van der Waals surface area contributed by atoms with Crippen molar-refractivity contribution in [3.8, 4) is 11.8 Å². The van der Waals surface area contributed by atoms with Gasteiger partial charge in [0.25, 0.3) is 0 Å². The Morgan fingerprint density at radius 3 is 2.05 bits per heavy atom. The third kappa shape index (κ3) is 4.57. The molecular weight excluding hydrogens is 286 g/mol. The first-order chi connectivity index (χ1) is 9.93. The Hall–Kier alpha value is -1.35. The molecule has 0 saturated carbocycles. The van der Waals surface area contributed by atoms with E-state index in [4.69, 9.17) is 5.11 Å². The van der Waals surface area contributed by atoms with Crippen molar-refractivity contribution in [2.75, 3.05) is 6.61 Å². The summed E-state index contributed by atoms with van der Waals surface area (Å²) in [6.45, 7) is 5.75. The SMILES string of the molecule is CCC(CC)(CC)NS(=O)(=O)c1ccc(C#CCO)cc1. The second kappa shape index (κ2) is 7.60. The molecule has 21 heavy (non-hydrogen) atoms. The van der Waals surface area contributed by atoms with Gasteiger partial charge in [-0.2, -0.15) is 0 Å². The van der Waals surface area contributed by atoms with Crippen LogP contribution in [0, 0.1) is 11.8 Å². The monoisotopic (exact) mass is 309 g/mol. The summed E-state index contributed by atoms with van der Waals surface area (Å²) in [5, 5.41) is 8.64. The Balaban J connectivity index is 3.03. The summed E-state index contributed by atoms with van der Waals surface area (Å²) in [5.74, 6) is 5.27. The van der Waals surface area contributed by atoms with E-state index in [2.05, 4.69) is 16.6 Å². The molecule has 2 N–H and O–H groups in total. The van der Waals surface area contributed by atoms with Gasteiger partial charge in [-0.3, -0.25) is 0 Å². The third-order valence-corrected chi connectivity index (χ3v) is 5.45. The van der Waals surface area contributed by atoms with Crippen LogP contribution in [-0.2, 0) is 10.0 Å². The average molecular weight is 309 g/mol. The van der Waals surface area contributed by atoms with Gasteiger partial charge in [0.1, 0.15) is 6.61 Å². The van der Waals surface area contributed by atoms with Gasteiger partial charge in [0, 0.05) is 11.1 Å². The van der Waals surface area contributed by atoms with Crippen LogP contribution >= 0.6 is 0 Å². The number of nitrogens with one attached hydrogen (secondary N) is 1. The zero-order chi connectivity index (χ0) is 15.9. The lowest BCUT2D eigenvalue weighted by atomic mass is 9.91. The van der Waals surface area contributed by atoms with E-state index in [9.17, 15) is 8.42 Å². The maximum Gasteiger partial charge on any atom is 0.241 e. The first kappa shape index (κ1) is 17.7. The molecule has 0 amide bonds. The highest BCUT2D eigenvalue weighted by molar-refractivity contribution is 7.89. The van der Waals surface area contributed by atoms with Crippen molar-refractivity contribution in [2.24, 2.45) is 0 Å². The van der Waals surface area contributed by atoms with E-state index in [1.807, 2.05) is 20.8 Å². The zero-order valence-electron chi connectivity index (χ0n) is 12.8. The first-order valence-corrected chi connectivity index (χ1v) is 8.65. The highest BCUT2D eigenvalue weighted by Crippen LogP contribution is 2.23. The lowest BCUT2D eigenvalue weighted by Gasteiger charge is -2.31. The Bertz CT molecular complexity index is 597. The molecule has 0 heterocycles. The molecule has 0 saturated heterocycles. The molecule has 0 unspecified atom stereocenters. The van der Waals surface area contributed by atoms with E-state index in [-0.39, 0.29) is 11.5 Å². The molecule has 0 aliphatic rings. The molecule has 0 aromatic heterocycles. The fourth-order valence-electron chi connectivity index (χ4n) is 2.17. The molecular formula is C16H23NO3S. The van der Waals surface area contributed by atoms with Crippen molar-refractivity contribution in [2.45, 2.75) is 50.5 Å². The van der Waals surface area contributed by atoms with Gasteiger partial charge < -0.3 is 5.11 Å². The summed E-state index contributed by atoms with van der Waals surface area (Å²) >= 11 is 0. The molecule has 0 aliphatic heterocycles. The predicted molar refractivity (Wildman–Crippen MR) is 84.3 cm³/mol. The van der Waals surface area contributed by atoms with Crippen molar-refractivity contribution in [3.05, 3.63) is 29.8 Å². The van der Waals surface area contributed by atoms with Crippen LogP contribution in [0.4, 0.5) is 0 Å². The van der Waals surface area contributed by atoms with Crippen molar-refractivity contribution in [1.29, 1.82) is 0 Å². The Morgan fingerprint density at radius 2 is 1.62 bits per heavy atom. The summed E-state index contributed by atoms with van der Waals surface area (Å²) in [4.78, 5) is 0.233. The molecule has 0 fully saturated rings. The number of aliphatic hydroxyl groups excluding tert-OH is 1. The van der Waals surface area contributed by atoms with Gasteiger partial charge in [-0.15, -0.1) is 0 Å². The van der Waals surface area contributed by atoms with E-state index < -0.39 is 15.6 Å². The average Bonchev–Trinajstić information content (AvgIpc) is 2.51. The number of rotatable bonds is 6. The van der Waals surface area contributed by atoms with E-state index in [1.165, 1.54) is 12.1 Å². The van der Waals surface area contributed by atoms with Gasteiger partial charge >= 0.3 is 0 Å². The van der Waals surface area contributed by atoms with E-state index >= 15 is 0 Å². The maximum absolute atomic E-state index is 12.5. The summed E-state index contributed by atoms with van der Waals surface area (Å²) in [7, 11) is -3.54. The standard InChI is InChI=1S/C16H23NO3S/c1-4-16(5-2,6-3)17-21(19,20)15-11-9-14(10-12-15)8-7-13-18/h9-12,17-18H,4-6,13H2,1-3H3. The van der Waals surface area contributed by atoms with Gasteiger partial charge in [-0.1, -0.05) is 32.6 Å². The van der Waals surface area contributed by atoms with Crippen LogP contribution in [0.25, 0.3) is 0 Å². The third-order valence-electron chi connectivity index (χ3n) is 3.86. The molecule has 0 bridgehead atoms. The van der Waals surface area contributed by atoms with Gasteiger partial charge in [0.2, 0.25) is 10.0 Å². The summed E-state index contributed by atoms with van der Waals surface area (Å²) < 4.78 is 27.8. The number of hydrogen-bond donors (Lipinski definition) is 2. The van der Waals surface area contributed by atoms with Crippen LogP contribution in [0.5, 0.6) is 0 Å². The van der Waals surface area contributed by atoms with Crippen LogP contribution in [0.2, 0.25) is 0 Å². The maximum atomic E-state index is 12.5. The second-order valence-corrected chi connectivity index (χ2v) is 6.61. The fourth-order valence-corrected chi connectivity index (χ4v) is 3.78. The molecule has 1 aromatic carbocycles. The minimum atomic E-state index is -3.54. The van der Waals surface area contributed by atoms with Crippen LogP contribution in [-0.4, -0.2) is 25.7 Å². The van der Waals surface area contributed by atoms with Gasteiger partial charge in [0.05, 0.1) is 4.90 Å². The molecule has 0 aliphatic carbocycles. The van der Waals surface area contributed by atoms with Crippen molar-refractivity contribution >= 4 is 10.0 Å². The summed E-state index contributed by atoms with van der Waals surface area (Å²) in [6, 6.07) is 6.36. The quantitative estimate of drug-likeness (QED) is 0.792. The Labute approximate surface area is 127 Å². The summed E-state index contributed by atoms with van der Waals surface area (Å²) in [6.07, 6.45) is 2.25. The molecule has 0 atom stereocenters. The van der Waals surface area contributed by atoms with Gasteiger partial charge in [-0.05, 0) is 43.5 Å². The van der Waals surface area contributed by atoms with Crippen molar-refractivity contribution in [3.63, 3.8) is 0 Å². The highest BCUT2D eigenvalue weighted by Gasteiger charge is 2.30. The predicted octanol–water partition coefficient (Wildman–Crippen LogP) is 2.28. The molecule has 0 radical (unpaired) electrons. The molecule has 5 heteroatoms. The lowest BCUT2D eigenvalue weighted by Crippen LogP contribution is -2.46. The molecule has 1 rings (SSSR count). The van der Waals surface area contributed by atoms with Crippen molar-refractivity contribution < 1.29 is 13.5 Å². The van der Waals surface area contributed by atoms with Gasteiger partial charge in [-0.25, -0.2) is 13.1 Å². The zero-order valence-corrected chi connectivity index (χ0v) is 13.6. The van der Waals surface area contributed by atoms with Gasteiger partial charge in [0.15, 0.2) is 0 Å². The van der Waals surface area contributed by atoms with Crippen LogP contribution in [0.3, 0.4) is 0 Å². The molecule has 0 spiro atoms. The topological polar surface area (TPSA) is 66.4 Å². The molecule has 1 aromatic rings. The lowest BCUT2D eigenvalue weighted by molar-refractivity contribution is 0.341. The minimum absolute atomic E-state index is 0.215. The van der Waals surface area contributed by atoms with E-state index in [1.54, 1.807) is 12.1 Å². The molecule has 4 nitrogen and oxygen atoms in total. The molecule has 116 valence electrons.